The third-order valence-electron chi connectivity index (χ3n) is 5.68. The van der Waals surface area contributed by atoms with Crippen LogP contribution in [0.3, 0.4) is 0 Å². The van der Waals surface area contributed by atoms with Crippen LogP contribution in [0, 0.1) is 17.4 Å². The number of furan rings is 1. The lowest BCUT2D eigenvalue weighted by Gasteiger charge is -2.25. The zero-order chi connectivity index (χ0) is 24.1. The molecule has 0 saturated heterocycles. The van der Waals surface area contributed by atoms with Gasteiger partial charge in [-0.05, 0) is 48.4 Å². The molecule has 0 aliphatic carbocycles. The Hall–Kier alpha value is -1.98. The van der Waals surface area contributed by atoms with E-state index in [-0.39, 0.29) is 18.5 Å². The van der Waals surface area contributed by atoms with Gasteiger partial charge in [0.1, 0.15) is 5.76 Å². The van der Waals surface area contributed by atoms with Crippen molar-refractivity contribution in [3.8, 4) is 11.3 Å². The highest BCUT2D eigenvalue weighted by molar-refractivity contribution is 14.1. The molecule has 1 aromatic carbocycles. The number of rotatable bonds is 10. The molecule has 9 heteroatoms. The van der Waals surface area contributed by atoms with Crippen LogP contribution in [-0.4, -0.2) is 36.7 Å². The van der Waals surface area contributed by atoms with Crippen LogP contribution in [0.15, 0.2) is 34.7 Å². The minimum absolute atomic E-state index is 0.109. The SMILES string of the molecule is [CH2]CCCC(CC)N(Cc1nc2oc(-c3ccc(C)cc3)c(C(=O)NC)c2cc1I)[SH](=O)=O. The first-order chi connectivity index (χ1) is 15.8. The molecule has 2 aromatic heterocycles. The summed E-state index contributed by atoms with van der Waals surface area (Å²) in [6.45, 7) is 7.99. The number of aromatic nitrogens is 1. The van der Waals surface area contributed by atoms with Crippen LogP contribution in [0.4, 0.5) is 0 Å². The Morgan fingerprint density at radius 3 is 2.58 bits per heavy atom. The van der Waals surface area contributed by atoms with Gasteiger partial charge < -0.3 is 9.73 Å². The van der Waals surface area contributed by atoms with E-state index in [4.69, 9.17) is 4.42 Å². The summed E-state index contributed by atoms with van der Waals surface area (Å²) in [4.78, 5) is 17.4. The molecule has 0 aliphatic rings. The molecule has 2 heterocycles. The second-order valence-electron chi connectivity index (χ2n) is 7.91. The van der Waals surface area contributed by atoms with Gasteiger partial charge >= 0.3 is 0 Å². The van der Waals surface area contributed by atoms with Crippen LogP contribution in [-0.2, 0) is 17.4 Å². The van der Waals surface area contributed by atoms with Crippen LogP contribution in [0.25, 0.3) is 22.4 Å². The Balaban J connectivity index is 2.09. The van der Waals surface area contributed by atoms with Crippen molar-refractivity contribution in [2.75, 3.05) is 7.05 Å². The van der Waals surface area contributed by atoms with E-state index in [0.717, 1.165) is 34.0 Å². The van der Waals surface area contributed by atoms with Gasteiger partial charge in [-0.3, -0.25) is 4.79 Å². The van der Waals surface area contributed by atoms with Gasteiger partial charge in [-0.25, -0.2) is 13.4 Å². The van der Waals surface area contributed by atoms with Crippen LogP contribution in [0.1, 0.15) is 54.2 Å². The zero-order valence-corrected chi connectivity index (χ0v) is 22.1. The molecule has 1 atom stereocenters. The van der Waals surface area contributed by atoms with E-state index < -0.39 is 10.9 Å². The lowest BCUT2D eigenvalue weighted by molar-refractivity contribution is 0.0964. The fourth-order valence-corrected chi connectivity index (χ4v) is 5.22. The van der Waals surface area contributed by atoms with Gasteiger partial charge in [-0.1, -0.05) is 56.5 Å². The monoisotopic (exact) mass is 582 g/mol. The molecule has 1 amide bonds. The van der Waals surface area contributed by atoms with E-state index in [2.05, 4.69) is 39.8 Å². The number of fused-ring (bicyclic) bond motifs is 1. The molecule has 7 nitrogen and oxygen atoms in total. The van der Waals surface area contributed by atoms with E-state index in [1.165, 1.54) is 4.31 Å². The zero-order valence-electron chi connectivity index (χ0n) is 19.1. The average Bonchev–Trinajstić information content (AvgIpc) is 3.16. The smallest absolute Gasteiger partial charge is 0.255 e. The summed E-state index contributed by atoms with van der Waals surface area (Å²) in [6, 6.07) is 9.46. The van der Waals surface area contributed by atoms with Gasteiger partial charge in [0.15, 0.2) is 0 Å². The second kappa shape index (κ2) is 11.4. The van der Waals surface area contributed by atoms with Crippen LogP contribution in [0.5, 0.6) is 0 Å². The molecule has 3 rings (SSSR count). The molecular weight excluding hydrogens is 553 g/mol. The highest BCUT2D eigenvalue weighted by Gasteiger charge is 2.26. The number of benzene rings is 1. The van der Waals surface area contributed by atoms with Gasteiger partial charge in [0.05, 0.1) is 23.2 Å². The fourth-order valence-electron chi connectivity index (χ4n) is 3.82. The number of unbranched alkanes of at least 4 members (excludes halogenated alkanes) is 1. The van der Waals surface area contributed by atoms with Crippen molar-refractivity contribution < 1.29 is 17.6 Å². The molecule has 0 aliphatic heterocycles. The van der Waals surface area contributed by atoms with Crippen molar-refractivity contribution in [2.24, 2.45) is 0 Å². The number of carbonyl (C=O) groups is 1. The number of thiol groups is 1. The molecule has 0 saturated carbocycles. The average molecular weight is 582 g/mol. The molecule has 0 spiro atoms. The number of hydrogen-bond donors (Lipinski definition) is 2. The number of halogens is 1. The minimum Gasteiger partial charge on any atom is -0.437 e. The quantitative estimate of drug-likeness (QED) is 0.263. The van der Waals surface area contributed by atoms with Crippen molar-refractivity contribution in [3.05, 3.63) is 57.6 Å². The van der Waals surface area contributed by atoms with E-state index in [1.54, 1.807) is 7.05 Å². The molecule has 177 valence electrons. The van der Waals surface area contributed by atoms with Crippen LogP contribution >= 0.6 is 22.6 Å². The fraction of sp³-hybridized carbons (Fsp3) is 0.375. The van der Waals surface area contributed by atoms with Gasteiger partial charge in [0.2, 0.25) is 16.6 Å². The Morgan fingerprint density at radius 1 is 1.30 bits per heavy atom. The first-order valence-corrected chi connectivity index (χ1v) is 13.1. The number of carbonyl (C=O) groups excluding carboxylic acids is 1. The molecule has 0 bridgehead atoms. The van der Waals surface area contributed by atoms with Gasteiger partial charge in [-0.2, -0.15) is 4.31 Å². The maximum absolute atomic E-state index is 12.7. The molecule has 1 N–H and O–H groups in total. The van der Waals surface area contributed by atoms with E-state index >= 15 is 0 Å². The third-order valence-corrected chi connectivity index (χ3v) is 7.50. The lowest BCUT2D eigenvalue weighted by Crippen LogP contribution is -2.33. The first-order valence-electron chi connectivity index (χ1n) is 10.9. The van der Waals surface area contributed by atoms with E-state index in [1.807, 2.05) is 44.2 Å². The van der Waals surface area contributed by atoms with Crippen molar-refractivity contribution in [3.63, 3.8) is 0 Å². The van der Waals surface area contributed by atoms with Gasteiger partial charge in [0.25, 0.3) is 5.91 Å². The summed E-state index contributed by atoms with van der Waals surface area (Å²) in [5.74, 6) is 0.177. The summed E-state index contributed by atoms with van der Waals surface area (Å²) in [6.07, 6.45) is 3.08. The standard InChI is InChI=1S/C24H29IN3O4S/c1-5-7-8-17(6-2)28(33(30)31)14-20-19(25)13-18-21(23(29)26-4)22(32-24(18)27-20)16-11-9-15(3)10-12-16/h9-13,17,33H,1,5-8,14H2,2-4H3,(H,26,29). The van der Waals surface area contributed by atoms with Crippen molar-refractivity contribution >= 4 is 50.5 Å². The normalized spacial score (nSPS) is 12.6. The molecule has 33 heavy (non-hydrogen) atoms. The number of hydrogen-bond acceptors (Lipinski definition) is 5. The number of aryl methyl sites for hydroxylation is 1. The maximum atomic E-state index is 12.7. The third kappa shape index (κ3) is 5.75. The van der Waals surface area contributed by atoms with Gasteiger partial charge in [-0.15, -0.1) is 0 Å². The van der Waals surface area contributed by atoms with Crippen molar-refractivity contribution in [2.45, 2.75) is 52.1 Å². The first kappa shape index (κ1) is 25.6. The van der Waals surface area contributed by atoms with Crippen LogP contribution < -0.4 is 5.32 Å². The Labute approximate surface area is 210 Å². The predicted molar refractivity (Wildman–Crippen MR) is 139 cm³/mol. The summed E-state index contributed by atoms with van der Waals surface area (Å²) < 4.78 is 32.5. The highest BCUT2D eigenvalue weighted by atomic mass is 127. The topological polar surface area (TPSA) is 92.5 Å². The molecular formula is C24H29IN3O4S. The van der Waals surface area contributed by atoms with Crippen LogP contribution in [0.2, 0.25) is 0 Å². The largest absolute Gasteiger partial charge is 0.437 e. The Kier molecular flexibility index (Phi) is 8.88. The molecule has 0 fully saturated rings. The predicted octanol–water partition coefficient (Wildman–Crippen LogP) is 4.88. The highest BCUT2D eigenvalue weighted by Crippen LogP contribution is 2.35. The van der Waals surface area contributed by atoms with E-state index in [0.29, 0.717) is 34.5 Å². The molecule has 1 unspecified atom stereocenters. The summed E-state index contributed by atoms with van der Waals surface area (Å²) in [5, 5.41) is 3.28. The number of amides is 1. The second-order valence-corrected chi connectivity index (χ2v) is 10.1. The van der Waals surface area contributed by atoms with E-state index in [9.17, 15) is 13.2 Å². The Morgan fingerprint density at radius 2 is 2.00 bits per heavy atom. The Bertz CT molecular complexity index is 1200. The van der Waals surface area contributed by atoms with Crippen molar-refractivity contribution in [1.29, 1.82) is 0 Å². The number of nitrogens with zero attached hydrogens (tertiary/aromatic N) is 2. The van der Waals surface area contributed by atoms with Gasteiger partial charge in [0, 0.05) is 22.2 Å². The summed E-state index contributed by atoms with van der Waals surface area (Å²) in [7, 11) is -1.21. The number of pyridine rings is 1. The molecule has 3 aromatic rings. The minimum atomic E-state index is -2.78. The molecule has 1 radical (unpaired) electrons. The number of nitrogens with one attached hydrogen (secondary N) is 1. The maximum Gasteiger partial charge on any atom is 0.255 e. The summed E-state index contributed by atoms with van der Waals surface area (Å²) >= 11 is 2.14. The summed E-state index contributed by atoms with van der Waals surface area (Å²) in [5.41, 5.74) is 3.20. The van der Waals surface area contributed by atoms with Crippen molar-refractivity contribution in [1.82, 2.24) is 14.6 Å². The lowest BCUT2D eigenvalue weighted by atomic mass is 10.0.